The second-order valence-electron chi connectivity index (χ2n) is 1.49. The Hall–Kier alpha value is -0.570. The Bertz CT molecular complexity index is 75.2. The molecule has 3 N–H and O–H groups in total. The van der Waals surface area contributed by atoms with Gasteiger partial charge in [0.1, 0.15) is 0 Å². The first-order chi connectivity index (χ1) is 5.81. The van der Waals surface area contributed by atoms with Gasteiger partial charge in [-0.25, -0.2) is 0 Å². The number of nitrogens with one attached hydrogen (secondary N) is 1. The number of carbonyl (C=O) groups excluding carboxylic acids is 1. The van der Waals surface area contributed by atoms with Crippen LogP contribution in [0.15, 0.2) is 0 Å². The van der Waals surface area contributed by atoms with Crippen LogP contribution >= 0.6 is 0 Å². The maximum absolute atomic E-state index is 10.5. The van der Waals surface area contributed by atoms with E-state index < -0.39 is 0 Å². The van der Waals surface area contributed by atoms with Gasteiger partial charge in [0, 0.05) is 22.4 Å². The maximum atomic E-state index is 10.5. The molecule has 0 bridgehead atoms. The van der Waals surface area contributed by atoms with Crippen LogP contribution in [-0.2, 0) is 4.79 Å². The number of carbonyl (C=O) groups is 1. The molecule has 0 aliphatic carbocycles. The summed E-state index contributed by atoms with van der Waals surface area (Å²) in [6.45, 7) is 11.0. The highest BCUT2D eigenvalue weighted by atomic mass is 16.1. The molecular weight excluding hydrogens is 152 g/mol. The minimum atomic E-state index is 0. The molecule has 12 heavy (non-hydrogen) atoms. The summed E-state index contributed by atoms with van der Waals surface area (Å²) in [5.74, 6) is 0.0370. The van der Waals surface area contributed by atoms with Crippen molar-refractivity contribution >= 4 is 5.91 Å². The molecular formula is C9H28N2O. The van der Waals surface area contributed by atoms with Crippen LogP contribution in [-0.4, -0.2) is 19.0 Å². The first-order valence-corrected chi connectivity index (χ1v) is 4.78. The van der Waals surface area contributed by atoms with E-state index in [-0.39, 0.29) is 8.76 Å². The van der Waals surface area contributed by atoms with Gasteiger partial charge in [-0.15, -0.1) is 0 Å². The van der Waals surface area contributed by atoms with Crippen molar-refractivity contribution in [3.8, 4) is 0 Å². The average Bonchev–Trinajstić information content (AvgIpc) is 2.12. The van der Waals surface area contributed by atoms with Crippen molar-refractivity contribution in [2.75, 3.05) is 13.1 Å². The zero-order chi connectivity index (χ0) is 10.4. The fourth-order valence-electron chi connectivity index (χ4n) is 0.417. The second-order valence-corrected chi connectivity index (χ2v) is 1.49. The largest absolute Gasteiger partial charge is 0.356 e. The Morgan fingerprint density at radius 2 is 1.75 bits per heavy atom. The topological polar surface area (TPSA) is 55.1 Å². The summed E-state index contributed by atoms with van der Waals surface area (Å²) in [6.07, 6.45) is 0.438. The molecule has 3 heteroatoms. The van der Waals surface area contributed by atoms with Crippen molar-refractivity contribution in [2.45, 2.75) is 41.0 Å². The highest BCUT2D eigenvalue weighted by Crippen LogP contribution is 1.71. The fraction of sp³-hybridized carbons (Fsp3) is 0.889. The fourth-order valence-corrected chi connectivity index (χ4v) is 0.417. The molecule has 0 aliphatic rings. The van der Waals surface area contributed by atoms with Gasteiger partial charge in [0.15, 0.2) is 0 Å². The van der Waals surface area contributed by atoms with Gasteiger partial charge in [0.2, 0.25) is 5.91 Å². The molecule has 0 aromatic rings. The van der Waals surface area contributed by atoms with Gasteiger partial charge in [0.05, 0.1) is 0 Å². The first-order valence-electron chi connectivity index (χ1n) is 4.78. The van der Waals surface area contributed by atoms with Gasteiger partial charge >= 0.3 is 0 Å². The van der Waals surface area contributed by atoms with Gasteiger partial charge in [-0.05, 0) is 6.92 Å². The minimum absolute atomic E-state index is 0. The summed E-state index contributed by atoms with van der Waals surface area (Å²) < 4.78 is 0. The van der Waals surface area contributed by atoms with Crippen LogP contribution in [0.5, 0.6) is 0 Å². The quantitative estimate of drug-likeness (QED) is 0.698. The Labute approximate surface area is 79.7 Å². The van der Waals surface area contributed by atoms with Gasteiger partial charge in [-0.2, -0.15) is 0 Å². The molecule has 0 spiro atoms. The lowest BCUT2D eigenvalue weighted by molar-refractivity contribution is -0.120. The van der Waals surface area contributed by atoms with Crippen LogP contribution < -0.4 is 11.1 Å². The van der Waals surface area contributed by atoms with Crippen LogP contribution in [0.4, 0.5) is 0 Å². The predicted octanol–water partition coefficient (Wildman–Crippen LogP) is 2.02. The minimum Gasteiger partial charge on any atom is -0.356 e. The molecule has 0 rings (SSSR count). The van der Waals surface area contributed by atoms with Gasteiger partial charge in [-0.1, -0.05) is 27.7 Å². The highest BCUT2D eigenvalue weighted by Gasteiger charge is 1.92. The number of hydrogen-bond donors (Lipinski definition) is 2. The molecule has 3 nitrogen and oxygen atoms in total. The molecule has 0 saturated heterocycles. The standard InChI is InChI=1S/C5H12N2O.2C2H6.2H2/c1-2-7-5(8)3-4-6;2*1-2;;/h2-4,6H2,1H3,(H,7,8);2*1-2H3;2*1H. The number of nitrogens with two attached hydrogens (primary N) is 1. The van der Waals surface area contributed by atoms with Crippen molar-refractivity contribution in [1.29, 1.82) is 0 Å². The average molecular weight is 180 g/mol. The van der Waals surface area contributed by atoms with E-state index in [1.54, 1.807) is 0 Å². The number of rotatable bonds is 3. The zero-order valence-corrected chi connectivity index (χ0v) is 9.11. The molecule has 0 aliphatic heterocycles. The molecule has 0 saturated carbocycles. The van der Waals surface area contributed by atoms with E-state index in [1.807, 2.05) is 34.6 Å². The summed E-state index contributed by atoms with van der Waals surface area (Å²) in [5.41, 5.74) is 5.10. The lowest BCUT2D eigenvalue weighted by Crippen LogP contribution is -2.24. The second kappa shape index (κ2) is 22.4. The molecule has 80 valence electrons. The van der Waals surface area contributed by atoms with Gasteiger partial charge in [-0.3, -0.25) is 4.79 Å². The summed E-state index contributed by atoms with van der Waals surface area (Å²) in [4.78, 5) is 10.5. The predicted molar refractivity (Wildman–Crippen MR) is 59.3 cm³/mol. The molecule has 1 amide bonds. The molecule has 0 unspecified atom stereocenters. The molecule has 0 fully saturated rings. The number of amides is 1. The molecule has 0 atom stereocenters. The molecule has 0 radical (unpaired) electrons. The smallest absolute Gasteiger partial charge is 0.221 e. The van der Waals surface area contributed by atoms with Crippen LogP contribution in [0.3, 0.4) is 0 Å². The van der Waals surface area contributed by atoms with Crippen LogP contribution in [0.1, 0.15) is 43.9 Å². The van der Waals surface area contributed by atoms with Crippen LogP contribution in [0.2, 0.25) is 0 Å². The van der Waals surface area contributed by atoms with E-state index in [9.17, 15) is 4.79 Å². The third-order valence-electron chi connectivity index (χ3n) is 0.745. The molecule has 0 heterocycles. The summed E-state index contributed by atoms with van der Waals surface area (Å²) in [5, 5.41) is 2.63. The highest BCUT2D eigenvalue weighted by molar-refractivity contribution is 5.75. The van der Waals surface area contributed by atoms with Gasteiger partial charge in [0.25, 0.3) is 0 Å². The lowest BCUT2D eigenvalue weighted by atomic mass is 10.4. The Kier molecular flexibility index (Phi) is 32.7. The van der Waals surface area contributed by atoms with Crippen molar-refractivity contribution in [1.82, 2.24) is 5.32 Å². The van der Waals surface area contributed by atoms with E-state index in [0.717, 1.165) is 0 Å². The Morgan fingerprint density at radius 3 is 2.00 bits per heavy atom. The van der Waals surface area contributed by atoms with Crippen molar-refractivity contribution in [2.24, 2.45) is 5.73 Å². The third kappa shape index (κ3) is 22.7. The zero-order valence-electron chi connectivity index (χ0n) is 9.11. The van der Waals surface area contributed by atoms with Gasteiger partial charge < -0.3 is 11.1 Å². The van der Waals surface area contributed by atoms with Crippen molar-refractivity contribution in [3.05, 3.63) is 0 Å². The van der Waals surface area contributed by atoms with Crippen LogP contribution in [0.25, 0.3) is 0 Å². The SMILES string of the molecule is CC.CC.CCNC(=O)CCN.[HH].[HH]. The van der Waals surface area contributed by atoms with E-state index in [1.165, 1.54) is 0 Å². The first kappa shape index (κ1) is 17.5. The maximum Gasteiger partial charge on any atom is 0.221 e. The summed E-state index contributed by atoms with van der Waals surface area (Å²) in [6, 6.07) is 0. The van der Waals surface area contributed by atoms with Crippen LogP contribution in [0, 0.1) is 0 Å². The van der Waals surface area contributed by atoms with Crippen molar-refractivity contribution in [3.63, 3.8) is 0 Å². The Morgan fingerprint density at radius 1 is 1.33 bits per heavy atom. The lowest BCUT2D eigenvalue weighted by Gasteiger charge is -1.96. The third-order valence-corrected chi connectivity index (χ3v) is 0.745. The van der Waals surface area contributed by atoms with E-state index in [2.05, 4.69) is 5.32 Å². The number of hydrogen-bond acceptors (Lipinski definition) is 2. The van der Waals surface area contributed by atoms with E-state index in [0.29, 0.717) is 19.5 Å². The Balaban J connectivity index is -0.0000000400. The normalized spacial score (nSPS) is 6.83. The van der Waals surface area contributed by atoms with Crippen molar-refractivity contribution < 1.29 is 7.65 Å². The van der Waals surface area contributed by atoms with E-state index in [4.69, 9.17) is 5.73 Å². The monoisotopic (exact) mass is 180 g/mol. The summed E-state index contributed by atoms with van der Waals surface area (Å²) in [7, 11) is 0. The molecule has 0 aromatic heterocycles. The van der Waals surface area contributed by atoms with E-state index >= 15 is 0 Å². The molecule has 0 aromatic carbocycles. The summed E-state index contributed by atoms with van der Waals surface area (Å²) >= 11 is 0.